The molecule has 0 aliphatic heterocycles. The molecule has 6 nitrogen and oxygen atoms in total. The highest BCUT2D eigenvalue weighted by atomic mass is 32.2. The van der Waals surface area contributed by atoms with Gasteiger partial charge in [-0.15, -0.1) is 0 Å². The monoisotopic (exact) mass is 294 g/mol. The van der Waals surface area contributed by atoms with Gasteiger partial charge in [0.05, 0.1) is 10.6 Å². The maximum atomic E-state index is 12.2. The Balaban J connectivity index is 2.38. The van der Waals surface area contributed by atoms with E-state index in [2.05, 4.69) is 9.88 Å². The number of aryl methyl sites for hydroxylation is 1. The minimum atomic E-state index is -3.81. The van der Waals surface area contributed by atoms with Gasteiger partial charge < -0.3 is 4.52 Å². The molecule has 1 N–H and O–H groups in total. The van der Waals surface area contributed by atoms with Gasteiger partial charge in [0, 0.05) is 11.1 Å². The summed E-state index contributed by atoms with van der Waals surface area (Å²) in [5, 5.41) is 3.68. The van der Waals surface area contributed by atoms with E-state index in [1.165, 1.54) is 25.1 Å². The van der Waals surface area contributed by atoms with Crippen molar-refractivity contribution in [2.75, 3.05) is 4.72 Å². The number of hydrogen-bond acceptors (Lipinski definition) is 5. The lowest BCUT2D eigenvalue weighted by Crippen LogP contribution is -2.13. The lowest BCUT2D eigenvalue weighted by atomic mass is 10.2. The third kappa shape index (κ3) is 2.72. The summed E-state index contributed by atoms with van der Waals surface area (Å²) < 4.78 is 31.7. The van der Waals surface area contributed by atoms with E-state index in [9.17, 15) is 13.2 Å². The molecule has 106 valence electrons. The number of benzene rings is 1. The molecule has 0 saturated carbocycles. The molecular weight excluding hydrogens is 280 g/mol. The van der Waals surface area contributed by atoms with E-state index in [1.807, 2.05) is 0 Å². The van der Waals surface area contributed by atoms with Crippen LogP contribution in [0.1, 0.15) is 28.5 Å². The van der Waals surface area contributed by atoms with Crippen molar-refractivity contribution < 1.29 is 17.7 Å². The Morgan fingerprint density at radius 2 is 2.00 bits per heavy atom. The molecule has 2 rings (SSSR count). The van der Waals surface area contributed by atoms with Gasteiger partial charge in [-0.1, -0.05) is 17.3 Å². The third-order valence-electron chi connectivity index (χ3n) is 2.94. The van der Waals surface area contributed by atoms with Crippen LogP contribution in [-0.4, -0.2) is 19.4 Å². The Morgan fingerprint density at radius 3 is 2.55 bits per heavy atom. The smallest absolute Gasteiger partial charge is 0.264 e. The van der Waals surface area contributed by atoms with E-state index < -0.39 is 10.0 Å². The molecule has 0 aliphatic carbocycles. The zero-order valence-corrected chi connectivity index (χ0v) is 12.1. The number of carbonyl (C=O) groups excluding carboxylic acids is 1. The number of sulfonamides is 1. The van der Waals surface area contributed by atoms with Crippen molar-refractivity contribution in [3.8, 4) is 0 Å². The summed E-state index contributed by atoms with van der Waals surface area (Å²) in [7, 11) is -3.81. The zero-order valence-electron chi connectivity index (χ0n) is 11.3. The first-order valence-electron chi connectivity index (χ1n) is 5.88. The van der Waals surface area contributed by atoms with E-state index in [1.54, 1.807) is 19.9 Å². The Hall–Kier alpha value is -2.15. The van der Waals surface area contributed by atoms with Crippen LogP contribution in [0, 0.1) is 13.8 Å². The molecule has 0 radical (unpaired) electrons. The highest BCUT2D eigenvalue weighted by molar-refractivity contribution is 7.92. The molecular formula is C13H14N2O4S. The average Bonchev–Trinajstić information content (AvgIpc) is 2.70. The Bertz CT molecular complexity index is 762. The van der Waals surface area contributed by atoms with Gasteiger partial charge in [0.2, 0.25) is 5.88 Å². The van der Waals surface area contributed by atoms with Crippen molar-refractivity contribution in [3.63, 3.8) is 0 Å². The summed E-state index contributed by atoms with van der Waals surface area (Å²) in [4.78, 5) is 11.3. The molecule has 0 amide bonds. The second kappa shape index (κ2) is 5.09. The molecule has 1 aromatic carbocycles. The second-order valence-corrected chi connectivity index (χ2v) is 6.09. The SMILES string of the molecule is CC(=O)c1cccc(S(=O)(=O)Nc2onc(C)c2C)c1. The Morgan fingerprint density at radius 1 is 1.30 bits per heavy atom. The normalized spacial score (nSPS) is 11.3. The molecule has 1 heterocycles. The van der Waals surface area contributed by atoms with Crippen molar-refractivity contribution >= 4 is 21.7 Å². The molecule has 0 bridgehead atoms. The first kappa shape index (κ1) is 14.3. The Kier molecular flexibility index (Phi) is 3.63. The van der Waals surface area contributed by atoms with Crippen molar-refractivity contribution in [1.82, 2.24) is 5.16 Å². The van der Waals surface area contributed by atoms with Crippen LogP contribution >= 0.6 is 0 Å². The molecule has 1 aromatic heterocycles. The van der Waals surface area contributed by atoms with Gasteiger partial charge in [-0.3, -0.25) is 4.79 Å². The molecule has 0 fully saturated rings. The molecule has 0 saturated heterocycles. The Labute approximate surface area is 116 Å². The molecule has 0 unspecified atom stereocenters. The van der Waals surface area contributed by atoms with E-state index in [-0.39, 0.29) is 16.6 Å². The highest BCUT2D eigenvalue weighted by Crippen LogP contribution is 2.22. The largest absolute Gasteiger partial charge is 0.337 e. The fourth-order valence-corrected chi connectivity index (χ4v) is 2.67. The number of ketones is 1. The molecule has 0 aliphatic rings. The van der Waals surface area contributed by atoms with Crippen molar-refractivity contribution in [2.24, 2.45) is 0 Å². The van der Waals surface area contributed by atoms with Gasteiger partial charge in [-0.25, -0.2) is 13.1 Å². The fourth-order valence-electron chi connectivity index (χ4n) is 1.57. The van der Waals surface area contributed by atoms with Gasteiger partial charge in [0.15, 0.2) is 5.78 Å². The van der Waals surface area contributed by atoms with Gasteiger partial charge in [-0.2, -0.15) is 0 Å². The van der Waals surface area contributed by atoms with Crippen molar-refractivity contribution in [2.45, 2.75) is 25.7 Å². The summed E-state index contributed by atoms with van der Waals surface area (Å²) in [5.74, 6) is -0.121. The lowest BCUT2D eigenvalue weighted by Gasteiger charge is -2.06. The van der Waals surface area contributed by atoms with Gasteiger partial charge >= 0.3 is 0 Å². The number of nitrogens with one attached hydrogen (secondary N) is 1. The van der Waals surface area contributed by atoms with Crippen molar-refractivity contribution in [1.29, 1.82) is 0 Å². The van der Waals surface area contributed by atoms with Gasteiger partial charge in [0.25, 0.3) is 10.0 Å². The average molecular weight is 294 g/mol. The number of anilines is 1. The standard InChI is InChI=1S/C13H14N2O4S/c1-8-9(2)14-19-13(8)15-20(17,18)12-6-4-5-11(7-12)10(3)16/h4-7,15H,1-3H3. The highest BCUT2D eigenvalue weighted by Gasteiger charge is 2.19. The predicted octanol–water partition coefficient (Wildman–Crippen LogP) is 2.29. The van der Waals surface area contributed by atoms with E-state index in [0.717, 1.165) is 0 Å². The number of rotatable bonds is 4. The van der Waals surface area contributed by atoms with Crippen LogP contribution in [-0.2, 0) is 10.0 Å². The topological polar surface area (TPSA) is 89.3 Å². The van der Waals surface area contributed by atoms with Crippen LogP contribution in [0.3, 0.4) is 0 Å². The molecule has 2 aromatic rings. The summed E-state index contributed by atoms with van der Waals surface area (Å²) in [6, 6.07) is 5.81. The maximum Gasteiger partial charge on any atom is 0.264 e. The lowest BCUT2D eigenvalue weighted by molar-refractivity contribution is 0.101. The van der Waals surface area contributed by atoms with E-state index >= 15 is 0 Å². The summed E-state index contributed by atoms with van der Waals surface area (Å²) in [5.41, 5.74) is 1.56. The molecule has 20 heavy (non-hydrogen) atoms. The van der Waals surface area contributed by atoms with E-state index in [4.69, 9.17) is 4.52 Å². The minimum Gasteiger partial charge on any atom is -0.337 e. The number of aromatic nitrogens is 1. The fraction of sp³-hybridized carbons (Fsp3) is 0.231. The zero-order chi connectivity index (χ0) is 14.9. The van der Waals surface area contributed by atoms with Gasteiger partial charge in [0.1, 0.15) is 0 Å². The number of nitrogens with zero attached hydrogens (tertiary/aromatic N) is 1. The summed E-state index contributed by atoms with van der Waals surface area (Å²) >= 11 is 0. The van der Waals surface area contributed by atoms with Crippen LogP contribution in [0.15, 0.2) is 33.7 Å². The van der Waals surface area contributed by atoms with Crippen LogP contribution in [0.2, 0.25) is 0 Å². The number of carbonyl (C=O) groups is 1. The first-order valence-corrected chi connectivity index (χ1v) is 7.36. The predicted molar refractivity (Wildman–Crippen MR) is 73.2 cm³/mol. The van der Waals surface area contributed by atoms with E-state index in [0.29, 0.717) is 16.8 Å². The van der Waals surface area contributed by atoms with Crippen LogP contribution < -0.4 is 4.72 Å². The molecule has 0 atom stereocenters. The first-order chi connectivity index (χ1) is 9.31. The van der Waals surface area contributed by atoms with Gasteiger partial charge in [-0.05, 0) is 32.9 Å². The second-order valence-electron chi connectivity index (χ2n) is 4.41. The van der Waals surface area contributed by atoms with Crippen LogP contribution in [0.25, 0.3) is 0 Å². The van der Waals surface area contributed by atoms with Crippen LogP contribution in [0.5, 0.6) is 0 Å². The van der Waals surface area contributed by atoms with Crippen molar-refractivity contribution in [3.05, 3.63) is 41.1 Å². The molecule has 7 heteroatoms. The summed E-state index contributed by atoms with van der Waals surface area (Å²) in [6.45, 7) is 4.80. The van der Waals surface area contributed by atoms with Crippen LogP contribution in [0.4, 0.5) is 5.88 Å². The number of hydrogen-bond donors (Lipinski definition) is 1. The third-order valence-corrected chi connectivity index (χ3v) is 4.26. The molecule has 0 spiro atoms. The maximum absolute atomic E-state index is 12.2. The minimum absolute atomic E-state index is 0.00125. The number of Topliss-reactive ketones (excluding diaryl/α,β-unsaturated/α-hetero) is 1. The summed E-state index contributed by atoms with van der Waals surface area (Å²) in [6.07, 6.45) is 0. The quantitative estimate of drug-likeness (QED) is 0.874.